The molecule has 0 saturated heterocycles. The fourth-order valence-electron chi connectivity index (χ4n) is 1.36. The van der Waals surface area contributed by atoms with E-state index >= 15 is 0 Å². The first-order valence-corrected chi connectivity index (χ1v) is 5.04. The maximum absolute atomic E-state index is 13.4. The third kappa shape index (κ3) is 2.30. The maximum Gasteiger partial charge on any atom is 0.356 e. The number of H-pyrrole nitrogens is 1. The first-order chi connectivity index (χ1) is 8.22. The fourth-order valence-corrected chi connectivity index (χ4v) is 1.36. The summed E-state index contributed by atoms with van der Waals surface area (Å²) in [7, 11) is 0. The van der Waals surface area contributed by atoms with Crippen LogP contribution in [0.25, 0.3) is 11.3 Å². The molecule has 5 nitrogen and oxygen atoms in total. The molecule has 0 aliphatic heterocycles. The molecule has 0 radical (unpaired) electrons. The van der Waals surface area contributed by atoms with Gasteiger partial charge in [0.05, 0.1) is 18.5 Å². The van der Waals surface area contributed by atoms with Gasteiger partial charge in [0.2, 0.25) is 0 Å². The largest absolute Gasteiger partial charge is 0.461 e. The molecule has 2 heterocycles. The minimum Gasteiger partial charge on any atom is -0.461 e. The number of pyridine rings is 1. The number of carbonyl (C=O) groups is 1. The van der Waals surface area contributed by atoms with Gasteiger partial charge in [-0.3, -0.25) is 10.1 Å². The van der Waals surface area contributed by atoms with Crippen LogP contribution in [0, 0.1) is 5.82 Å². The standard InChI is InChI=1S/C11H10FN3O2/c1-2-17-11(16)10-5-9(14-15-10)7-3-4-13-6-8(7)12/h3-6H,2H2,1H3,(H,14,15). The smallest absolute Gasteiger partial charge is 0.356 e. The Morgan fingerprint density at radius 1 is 1.59 bits per heavy atom. The number of aromatic amines is 1. The predicted molar refractivity (Wildman–Crippen MR) is 57.7 cm³/mol. The van der Waals surface area contributed by atoms with Crippen molar-refractivity contribution in [1.29, 1.82) is 0 Å². The van der Waals surface area contributed by atoms with Crippen molar-refractivity contribution in [2.75, 3.05) is 6.61 Å². The van der Waals surface area contributed by atoms with Crippen LogP contribution >= 0.6 is 0 Å². The number of carbonyl (C=O) groups excluding carboxylic acids is 1. The Balaban J connectivity index is 2.30. The molecule has 0 fully saturated rings. The Hall–Kier alpha value is -2.24. The zero-order valence-corrected chi connectivity index (χ0v) is 9.11. The molecule has 0 amide bonds. The highest BCUT2D eigenvalue weighted by Gasteiger charge is 2.13. The van der Waals surface area contributed by atoms with E-state index in [0.717, 1.165) is 6.20 Å². The number of esters is 1. The number of halogens is 1. The molecule has 0 atom stereocenters. The molecule has 0 aromatic carbocycles. The number of aromatic nitrogens is 3. The van der Waals surface area contributed by atoms with Crippen LogP contribution in [0.5, 0.6) is 0 Å². The Morgan fingerprint density at radius 2 is 2.41 bits per heavy atom. The molecular formula is C11H10FN3O2. The van der Waals surface area contributed by atoms with Gasteiger partial charge in [-0.15, -0.1) is 0 Å². The summed E-state index contributed by atoms with van der Waals surface area (Å²) >= 11 is 0. The molecule has 88 valence electrons. The van der Waals surface area contributed by atoms with Crippen LogP contribution in [0.4, 0.5) is 4.39 Å². The molecule has 17 heavy (non-hydrogen) atoms. The van der Waals surface area contributed by atoms with Gasteiger partial charge in [0.25, 0.3) is 0 Å². The lowest BCUT2D eigenvalue weighted by Crippen LogP contribution is -2.04. The SMILES string of the molecule is CCOC(=O)c1cc(-c2ccncc2F)n[nH]1. The molecule has 2 aromatic heterocycles. The molecule has 6 heteroatoms. The van der Waals surface area contributed by atoms with Gasteiger partial charge in [0.15, 0.2) is 5.82 Å². The Bertz CT molecular complexity index is 539. The van der Waals surface area contributed by atoms with E-state index in [9.17, 15) is 9.18 Å². The van der Waals surface area contributed by atoms with Gasteiger partial charge in [0, 0.05) is 11.8 Å². The zero-order chi connectivity index (χ0) is 12.3. The minimum absolute atomic E-state index is 0.193. The maximum atomic E-state index is 13.4. The van der Waals surface area contributed by atoms with Gasteiger partial charge in [-0.05, 0) is 19.1 Å². The molecule has 2 aromatic rings. The number of hydrogen-bond donors (Lipinski definition) is 1. The topological polar surface area (TPSA) is 67.9 Å². The Morgan fingerprint density at radius 3 is 3.12 bits per heavy atom. The van der Waals surface area contributed by atoms with E-state index in [2.05, 4.69) is 15.2 Å². The molecule has 1 N–H and O–H groups in total. The lowest BCUT2D eigenvalue weighted by Gasteiger charge is -1.97. The predicted octanol–water partition coefficient (Wildman–Crippen LogP) is 1.79. The highest BCUT2D eigenvalue weighted by molar-refractivity contribution is 5.88. The van der Waals surface area contributed by atoms with E-state index in [1.807, 2.05) is 0 Å². The van der Waals surface area contributed by atoms with Crippen LogP contribution in [0.2, 0.25) is 0 Å². The van der Waals surface area contributed by atoms with Crippen molar-refractivity contribution in [3.05, 3.63) is 36.0 Å². The van der Waals surface area contributed by atoms with Crippen molar-refractivity contribution < 1.29 is 13.9 Å². The monoisotopic (exact) mass is 235 g/mol. The van der Waals surface area contributed by atoms with E-state index in [1.165, 1.54) is 18.3 Å². The van der Waals surface area contributed by atoms with E-state index < -0.39 is 11.8 Å². The molecule has 0 aliphatic rings. The summed E-state index contributed by atoms with van der Waals surface area (Å²) in [6, 6.07) is 2.93. The molecule has 2 rings (SSSR count). The third-order valence-electron chi connectivity index (χ3n) is 2.12. The van der Waals surface area contributed by atoms with Crippen molar-refractivity contribution in [2.45, 2.75) is 6.92 Å². The van der Waals surface area contributed by atoms with Crippen LogP contribution in [0.1, 0.15) is 17.4 Å². The average Bonchev–Trinajstić information content (AvgIpc) is 2.79. The summed E-state index contributed by atoms with van der Waals surface area (Å²) in [5.41, 5.74) is 0.817. The molecular weight excluding hydrogens is 225 g/mol. The van der Waals surface area contributed by atoms with E-state index in [1.54, 1.807) is 6.92 Å². The number of nitrogens with zero attached hydrogens (tertiary/aromatic N) is 2. The van der Waals surface area contributed by atoms with E-state index in [4.69, 9.17) is 4.74 Å². The summed E-state index contributed by atoms with van der Waals surface area (Å²) in [5.74, 6) is -1.00. The number of ether oxygens (including phenoxy) is 1. The van der Waals surface area contributed by atoms with Crippen LogP contribution in [-0.2, 0) is 4.74 Å². The zero-order valence-electron chi connectivity index (χ0n) is 9.11. The van der Waals surface area contributed by atoms with E-state index in [0.29, 0.717) is 5.69 Å². The van der Waals surface area contributed by atoms with Crippen LogP contribution in [0.3, 0.4) is 0 Å². The fraction of sp³-hybridized carbons (Fsp3) is 0.182. The first-order valence-electron chi connectivity index (χ1n) is 5.04. The van der Waals surface area contributed by atoms with E-state index in [-0.39, 0.29) is 17.9 Å². The van der Waals surface area contributed by atoms with Crippen molar-refractivity contribution in [3.8, 4) is 11.3 Å². The van der Waals surface area contributed by atoms with Crippen molar-refractivity contribution in [3.63, 3.8) is 0 Å². The number of rotatable bonds is 3. The van der Waals surface area contributed by atoms with Gasteiger partial charge in [-0.25, -0.2) is 9.18 Å². The van der Waals surface area contributed by atoms with Gasteiger partial charge in [-0.1, -0.05) is 0 Å². The van der Waals surface area contributed by atoms with Crippen LogP contribution in [-0.4, -0.2) is 27.8 Å². The molecule has 0 unspecified atom stereocenters. The summed E-state index contributed by atoms with van der Waals surface area (Å²) in [4.78, 5) is 15.0. The summed E-state index contributed by atoms with van der Waals surface area (Å²) in [6.45, 7) is 1.98. The molecule has 0 saturated carbocycles. The highest BCUT2D eigenvalue weighted by atomic mass is 19.1. The molecule has 0 spiro atoms. The van der Waals surface area contributed by atoms with Crippen LogP contribution in [0.15, 0.2) is 24.5 Å². The first kappa shape index (κ1) is 11.3. The second-order valence-electron chi connectivity index (χ2n) is 3.24. The second-order valence-corrected chi connectivity index (χ2v) is 3.24. The summed E-state index contributed by atoms with van der Waals surface area (Å²) in [6.07, 6.45) is 2.55. The second kappa shape index (κ2) is 4.73. The number of nitrogens with one attached hydrogen (secondary N) is 1. The minimum atomic E-state index is -0.513. The Labute approximate surface area is 96.6 Å². The van der Waals surface area contributed by atoms with Crippen LogP contribution < -0.4 is 0 Å². The normalized spacial score (nSPS) is 10.2. The van der Waals surface area contributed by atoms with Gasteiger partial charge in [0.1, 0.15) is 5.69 Å². The van der Waals surface area contributed by atoms with Crippen molar-refractivity contribution >= 4 is 5.97 Å². The average molecular weight is 235 g/mol. The summed E-state index contributed by atoms with van der Waals surface area (Å²) < 4.78 is 18.2. The quantitative estimate of drug-likeness (QED) is 0.823. The third-order valence-corrected chi connectivity index (χ3v) is 2.12. The van der Waals surface area contributed by atoms with Gasteiger partial charge >= 0.3 is 5.97 Å². The summed E-state index contributed by atoms with van der Waals surface area (Å²) in [5, 5.41) is 6.36. The van der Waals surface area contributed by atoms with Crippen molar-refractivity contribution in [2.24, 2.45) is 0 Å². The Kier molecular flexibility index (Phi) is 3.13. The highest BCUT2D eigenvalue weighted by Crippen LogP contribution is 2.20. The molecule has 0 bridgehead atoms. The van der Waals surface area contributed by atoms with Gasteiger partial charge < -0.3 is 4.74 Å². The lowest BCUT2D eigenvalue weighted by atomic mass is 10.2. The molecule has 0 aliphatic carbocycles. The van der Waals surface area contributed by atoms with Crippen molar-refractivity contribution in [1.82, 2.24) is 15.2 Å². The van der Waals surface area contributed by atoms with Gasteiger partial charge in [-0.2, -0.15) is 5.10 Å². The number of hydrogen-bond acceptors (Lipinski definition) is 4. The lowest BCUT2D eigenvalue weighted by molar-refractivity contribution is 0.0519.